The smallest absolute Gasteiger partial charge is 0.166 e. The van der Waals surface area contributed by atoms with Gasteiger partial charge in [0.15, 0.2) is 9.84 Å². The Bertz CT molecular complexity index is 431. The Balaban J connectivity index is 2.11. The lowest BCUT2D eigenvalue weighted by Crippen LogP contribution is -2.54. The van der Waals surface area contributed by atoms with Crippen molar-refractivity contribution in [2.75, 3.05) is 36.9 Å². The molecule has 6 heteroatoms. The normalized spacial score (nSPS) is 35.8. The topological polar surface area (TPSA) is 63.4 Å². The molecule has 1 atom stereocenters. The van der Waals surface area contributed by atoms with E-state index in [4.69, 9.17) is 5.73 Å². The second-order valence-electron chi connectivity index (χ2n) is 6.84. The molecule has 0 aromatic carbocycles. The fourth-order valence-corrected chi connectivity index (χ4v) is 6.63. The minimum Gasteiger partial charge on any atom is -0.330 e. The van der Waals surface area contributed by atoms with E-state index in [0.29, 0.717) is 12.3 Å². The van der Waals surface area contributed by atoms with Gasteiger partial charge in [-0.1, -0.05) is 26.7 Å². The van der Waals surface area contributed by atoms with Crippen LogP contribution in [0.4, 0.5) is 0 Å². The molecule has 1 unspecified atom stereocenters. The van der Waals surface area contributed by atoms with Gasteiger partial charge in [0.05, 0.1) is 0 Å². The summed E-state index contributed by atoms with van der Waals surface area (Å²) in [5.41, 5.74) is 6.24. The summed E-state index contributed by atoms with van der Waals surface area (Å²) < 4.78 is 24.7. The maximum atomic E-state index is 12.4. The molecule has 1 aliphatic carbocycles. The first-order valence-corrected chi connectivity index (χ1v) is 11.0. The highest BCUT2D eigenvalue weighted by Gasteiger charge is 2.40. The van der Waals surface area contributed by atoms with E-state index in [1.807, 2.05) is 0 Å². The van der Waals surface area contributed by atoms with Crippen LogP contribution >= 0.6 is 11.8 Å². The van der Waals surface area contributed by atoms with E-state index in [1.54, 1.807) is 18.7 Å². The zero-order chi connectivity index (χ0) is 15.5. The van der Waals surface area contributed by atoms with Crippen LogP contribution in [0.5, 0.6) is 0 Å². The van der Waals surface area contributed by atoms with E-state index in [1.165, 1.54) is 12.8 Å². The van der Waals surface area contributed by atoms with Crippen LogP contribution < -0.4 is 5.73 Å². The minimum atomic E-state index is -3.00. The Labute approximate surface area is 134 Å². The Morgan fingerprint density at radius 2 is 2.00 bits per heavy atom. The molecular weight excluding hydrogens is 304 g/mol. The highest BCUT2D eigenvalue weighted by Crippen LogP contribution is 2.40. The molecule has 0 spiro atoms. The second-order valence-corrected chi connectivity index (χ2v) is 10.4. The molecule has 0 radical (unpaired) electrons. The number of nitrogens with two attached hydrogens (primary N) is 1. The second kappa shape index (κ2) is 7.20. The highest BCUT2D eigenvalue weighted by atomic mass is 32.2. The maximum absolute atomic E-state index is 12.4. The van der Waals surface area contributed by atoms with Crippen LogP contribution in [0, 0.1) is 11.3 Å². The molecule has 4 nitrogen and oxygen atoms in total. The predicted molar refractivity (Wildman–Crippen MR) is 91.3 cm³/mol. The third-order valence-corrected chi connectivity index (χ3v) is 8.65. The van der Waals surface area contributed by atoms with Gasteiger partial charge in [-0.05, 0) is 30.7 Å². The number of thioether (sulfide) groups is 1. The van der Waals surface area contributed by atoms with Gasteiger partial charge in [-0.25, -0.2) is 8.42 Å². The van der Waals surface area contributed by atoms with Gasteiger partial charge in [0.1, 0.15) is 5.37 Å². The first kappa shape index (κ1) is 17.6. The zero-order valence-electron chi connectivity index (χ0n) is 13.4. The lowest BCUT2D eigenvalue weighted by atomic mass is 9.70. The molecular formula is C15H30N2O2S2. The molecule has 0 aromatic rings. The summed E-state index contributed by atoms with van der Waals surface area (Å²) in [4.78, 5) is 2.22. The zero-order valence-corrected chi connectivity index (χ0v) is 15.0. The molecule has 0 bridgehead atoms. The number of hydrogen-bond acceptors (Lipinski definition) is 5. The summed E-state index contributed by atoms with van der Waals surface area (Å²) >= 11 is 1.77. The van der Waals surface area contributed by atoms with Gasteiger partial charge in [0.2, 0.25) is 0 Å². The first-order valence-electron chi connectivity index (χ1n) is 8.16. The predicted octanol–water partition coefficient (Wildman–Crippen LogP) is 1.95. The average Bonchev–Trinajstić information content (AvgIpc) is 2.50. The van der Waals surface area contributed by atoms with E-state index in [2.05, 4.69) is 11.8 Å². The van der Waals surface area contributed by atoms with Crippen LogP contribution in [-0.4, -0.2) is 55.6 Å². The van der Waals surface area contributed by atoms with Crippen molar-refractivity contribution in [3.63, 3.8) is 0 Å². The van der Waals surface area contributed by atoms with Crippen LogP contribution in [0.3, 0.4) is 0 Å². The number of rotatable bonds is 5. The summed E-state index contributed by atoms with van der Waals surface area (Å²) in [6.45, 7) is 6.49. The van der Waals surface area contributed by atoms with Gasteiger partial charge in [0, 0.05) is 30.3 Å². The molecule has 21 heavy (non-hydrogen) atoms. The number of sulfone groups is 1. The first-order chi connectivity index (χ1) is 9.92. The molecule has 1 aliphatic heterocycles. The van der Waals surface area contributed by atoms with E-state index in [-0.39, 0.29) is 16.5 Å². The molecule has 2 fully saturated rings. The molecule has 0 aromatic heterocycles. The molecule has 2 aliphatic rings. The lowest BCUT2D eigenvalue weighted by molar-refractivity contribution is 0.0926. The minimum absolute atomic E-state index is 0.135. The van der Waals surface area contributed by atoms with Gasteiger partial charge in [0.25, 0.3) is 0 Å². The van der Waals surface area contributed by atoms with Crippen LogP contribution in [0.2, 0.25) is 0 Å². The van der Waals surface area contributed by atoms with Gasteiger partial charge in [-0.3, -0.25) is 4.90 Å². The number of nitrogens with zero attached hydrogens (tertiary/aromatic N) is 1. The van der Waals surface area contributed by atoms with Gasteiger partial charge >= 0.3 is 0 Å². The van der Waals surface area contributed by atoms with Gasteiger partial charge < -0.3 is 5.73 Å². The fourth-order valence-electron chi connectivity index (χ4n) is 3.55. The molecule has 2 N–H and O–H groups in total. The van der Waals surface area contributed by atoms with Crippen molar-refractivity contribution in [1.29, 1.82) is 0 Å². The fraction of sp³-hybridized carbons (Fsp3) is 1.00. The van der Waals surface area contributed by atoms with Crippen LogP contribution in [0.15, 0.2) is 0 Å². The van der Waals surface area contributed by atoms with E-state index in [9.17, 15) is 8.42 Å². The molecule has 1 saturated heterocycles. The Morgan fingerprint density at radius 1 is 1.33 bits per heavy atom. The molecule has 1 saturated carbocycles. The van der Waals surface area contributed by atoms with Crippen molar-refractivity contribution in [3.8, 4) is 0 Å². The average molecular weight is 335 g/mol. The molecule has 0 amide bonds. The summed E-state index contributed by atoms with van der Waals surface area (Å²) in [5, 5.41) is -0.302. The molecule has 124 valence electrons. The number of hydrogen-bond donors (Lipinski definition) is 1. The van der Waals surface area contributed by atoms with Crippen molar-refractivity contribution < 1.29 is 8.42 Å². The quantitative estimate of drug-likeness (QED) is 0.832. The lowest BCUT2D eigenvalue weighted by Gasteiger charge is -2.45. The molecule has 2 rings (SSSR count). The molecule has 1 heterocycles. The monoisotopic (exact) mass is 334 g/mol. The maximum Gasteiger partial charge on any atom is 0.166 e. The van der Waals surface area contributed by atoms with Crippen LogP contribution in [0.25, 0.3) is 0 Å². The summed E-state index contributed by atoms with van der Waals surface area (Å²) in [6.07, 6.45) is 4.75. The Kier molecular flexibility index (Phi) is 6.02. The third kappa shape index (κ3) is 4.15. The SMILES string of the molecule is CCS(=O)(=O)C1CSCCN1CC1(CN)CCC(C)CC1. The Morgan fingerprint density at radius 3 is 2.57 bits per heavy atom. The van der Waals surface area contributed by atoms with Gasteiger partial charge in [-0.15, -0.1) is 0 Å². The summed E-state index contributed by atoms with van der Waals surface area (Å²) in [5.74, 6) is 2.78. The van der Waals surface area contributed by atoms with Crippen molar-refractivity contribution in [1.82, 2.24) is 4.90 Å². The highest BCUT2D eigenvalue weighted by molar-refractivity contribution is 8.01. The van der Waals surface area contributed by atoms with E-state index < -0.39 is 9.84 Å². The van der Waals surface area contributed by atoms with Gasteiger partial charge in [-0.2, -0.15) is 11.8 Å². The summed E-state index contributed by atoms with van der Waals surface area (Å²) in [7, 11) is -3.00. The van der Waals surface area contributed by atoms with Crippen molar-refractivity contribution in [2.45, 2.75) is 44.9 Å². The van der Waals surface area contributed by atoms with Crippen LogP contribution in [-0.2, 0) is 9.84 Å². The van der Waals surface area contributed by atoms with E-state index in [0.717, 1.165) is 37.6 Å². The van der Waals surface area contributed by atoms with E-state index >= 15 is 0 Å². The van der Waals surface area contributed by atoms with Crippen molar-refractivity contribution in [2.24, 2.45) is 17.1 Å². The largest absolute Gasteiger partial charge is 0.330 e. The Hall–Kier alpha value is 0.220. The summed E-state index contributed by atoms with van der Waals surface area (Å²) in [6, 6.07) is 0. The van der Waals surface area contributed by atoms with Crippen molar-refractivity contribution in [3.05, 3.63) is 0 Å². The van der Waals surface area contributed by atoms with Crippen LogP contribution in [0.1, 0.15) is 39.5 Å². The van der Waals surface area contributed by atoms with Crippen molar-refractivity contribution >= 4 is 21.6 Å². The third-order valence-electron chi connectivity index (χ3n) is 5.31. The standard InChI is InChI=1S/C15H30N2O2S2/c1-3-21(18,19)14-10-20-9-8-17(14)12-15(11-16)6-4-13(2)5-7-15/h13-14H,3-12,16H2,1-2H3.